The van der Waals surface area contributed by atoms with E-state index in [9.17, 15) is 18.0 Å². The normalized spacial score (nSPS) is 12.7. The van der Waals surface area contributed by atoms with Gasteiger partial charge in [0.25, 0.3) is 0 Å². The monoisotopic (exact) mass is 343 g/mol. The molecule has 2 N–H and O–H groups in total. The van der Waals surface area contributed by atoms with Gasteiger partial charge in [-0.05, 0) is 24.6 Å². The number of amides is 2. The fourth-order valence-corrected chi connectivity index (χ4v) is 1.95. The Morgan fingerprint density at radius 1 is 1.33 bits per heavy atom. The van der Waals surface area contributed by atoms with Gasteiger partial charge in [0.2, 0.25) is 0 Å². The van der Waals surface area contributed by atoms with E-state index in [1.165, 1.54) is 18.5 Å². The molecule has 2 aromatic rings. The van der Waals surface area contributed by atoms with E-state index < -0.39 is 23.8 Å². The second kappa shape index (κ2) is 7.30. The molecule has 0 spiro atoms. The third-order valence-electron chi connectivity index (χ3n) is 3.17. The lowest BCUT2D eigenvalue weighted by Gasteiger charge is -2.13. The van der Waals surface area contributed by atoms with E-state index in [1.54, 1.807) is 18.5 Å². The molecule has 10 heteroatoms. The SMILES string of the molecule is CC(NC(=O)NOCc1ccc(C(F)(F)F)cc1)c1nncn1C. The van der Waals surface area contributed by atoms with E-state index in [0.717, 1.165) is 12.1 Å². The zero-order valence-corrected chi connectivity index (χ0v) is 13.0. The van der Waals surface area contributed by atoms with Gasteiger partial charge in [-0.25, -0.2) is 10.3 Å². The van der Waals surface area contributed by atoms with Crippen molar-refractivity contribution in [3.05, 3.63) is 47.5 Å². The van der Waals surface area contributed by atoms with Gasteiger partial charge in [0, 0.05) is 7.05 Å². The number of alkyl halides is 3. The number of carbonyl (C=O) groups is 1. The third-order valence-corrected chi connectivity index (χ3v) is 3.17. The highest BCUT2D eigenvalue weighted by atomic mass is 19.4. The van der Waals surface area contributed by atoms with Crippen molar-refractivity contribution >= 4 is 6.03 Å². The number of aryl methyl sites for hydroxylation is 1. The molecular weight excluding hydrogens is 327 g/mol. The van der Waals surface area contributed by atoms with Crippen molar-refractivity contribution in [2.24, 2.45) is 7.05 Å². The minimum atomic E-state index is -4.38. The van der Waals surface area contributed by atoms with Crippen LogP contribution in [-0.4, -0.2) is 20.8 Å². The van der Waals surface area contributed by atoms with Gasteiger partial charge >= 0.3 is 12.2 Å². The molecule has 2 rings (SSSR count). The number of aromatic nitrogens is 3. The largest absolute Gasteiger partial charge is 0.416 e. The van der Waals surface area contributed by atoms with E-state index in [-0.39, 0.29) is 6.61 Å². The number of hydrogen-bond donors (Lipinski definition) is 2. The lowest BCUT2D eigenvalue weighted by Crippen LogP contribution is -2.37. The molecule has 0 bridgehead atoms. The topological polar surface area (TPSA) is 81.1 Å². The van der Waals surface area contributed by atoms with Crippen LogP contribution < -0.4 is 10.8 Å². The van der Waals surface area contributed by atoms with Gasteiger partial charge in [0.05, 0.1) is 18.2 Å². The predicted octanol–water partition coefficient (Wildman–Crippen LogP) is 2.33. The maximum Gasteiger partial charge on any atom is 0.416 e. The molecule has 0 saturated carbocycles. The smallest absolute Gasteiger partial charge is 0.327 e. The molecule has 0 saturated heterocycles. The Hall–Kier alpha value is -2.62. The first kappa shape index (κ1) is 17.7. The van der Waals surface area contributed by atoms with Crippen molar-refractivity contribution in [1.82, 2.24) is 25.6 Å². The van der Waals surface area contributed by atoms with Crippen molar-refractivity contribution < 1.29 is 22.8 Å². The van der Waals surface area contributed by atoms with Gasteiger partial charge in [-0.3, -0.25) is 4.84 Å². The quantitative estimate of drug-likeness (QED) is 0.817. The van der Waals surface area contributed by atoms with Gasteiger partial charge in [0.1, 0.15) is 6.33 Å². The number of nitrogens with one attached hydrogen (secondary N) is 2. The number of carbonyl (C=O) groups excluding carboxylic acids is 1. The van der Waals surface area contributed by atoms with Crippen molar-refractivity contribution in [1.29, 1.82) is 0 Å². The molecule has 7 nitrogen and oxygen atoms in total. The molecule has 0 radical (unpaired) electrons. The summed E-state index contributed by atoms with van der Waals surface area (Å²) in [6, 6.07) is 3.48. The van der Waals surface area contributed by atoms with Crippen LogP contribution in [0.25, 0.3) is 0 Å². The zero-order chi connectivity index (χ0) is 17.7. The molecule has 1 heterocycles. The average molecular weight is 343 g/mol. The lowest BCUT2D eigenvalue weighted by molar-refractivity contribution is -0.137. The van der Waals surface area contributed by atoms with Crippen LogP contribution in [0.5, 0.6) is 0 Å². The van der Waals surface area contributed by atoms with E-state index in [4.69, 9.17) is 4.84 Å². The number of nitrogens with zero attached hydrogens (tertiary/aromatic N) is 3. The lowest BCUT2D eigenvalue weighted by atomic mass is 10.1. The molecule has 24 heavy (non-hydrogen) atoms. The summed E-state index contributed by atoms with van der Waals surface area (Å²) in [6.07, 6.45) is -2.87. The molecule has 130 valence electrons. The van der Waals surface area contributed by atoms with Crippen LogP contribution in [0.4, 0.5) is 18.0 Å². The van der Waals surface area contributed by atoms with E-state index >= 15 is 0 Å². The summed E-state index contributed by atoms with van der Waals surface area (Å²) in [4.78, 5) is 16.7. The maximum absolute atomic E-state index is 12.4. The Kier molecular flexibility index (Phi) is 5.39. The highest BCUT2D eigenvalue weighted by Crippen LogP contribution is 2.29. The first-order valence-electron chi connectivity index (χ1n) is 6.95. The second-order valence-electron chi connectivity index (χ2n) is 5.08. The van der Waals surface area contributed by atoms with Crippen LogP contribution in [0.3, 0.4) is 0 Å². The Bertz CT molecular complexity index is 684. The highest BCUT2D eigenvalue weighted by molar-refractivity contribution is 5.73. The van der Waals surface area contributed by atoms with Gasteiger partial charge in [-0.1, -0.05) is 12.1 Å². The molecular formula is C14H16F3N5O2. The highest BCUT2D eigenvalue weighted by Gasteiger charge is 2.29. The fraction of sp³-hybridized carbons (Fsp3) is 0.357. The number of benzene rings is 1. The molecule has 0 aliphatic rings. The Morgan fingerprint density at radius 2 is 2.00 bits per heavy atom. The van der Waals surface area contributed by atoms with Gasteiger partial charge in [0.15, 0.2) is 5.82 Å². The Labute approximate surface area is 135 Å². The summed E-state index contributed by atoms with van der Waals surface area (Å²) in [5.74, 6) is 0.563. The number of rotatable bonds is 5. The van der Waals surface area contributed by atoms with Crippen molar-refractivity contribution in [3.63, 3.8) is 0 Å². The van der Waals surface area contributed by atoms with Crippen LogP contribution >= 0.6 is 0 Å². The van der Waals surface area contributed by atoms with Gasteiger partial charge in [-0.15, -0.1) is 10.2 Å². The summed E-state index contributed by atoms with van der Waals surface area (Å²) in [6.45, 7) is 1.66. The summed E-state index contributed by atoms with van der Waals surface area (Å²) >= 11 is 0. The molecule has 2 amide bonds. The maximum atomic E-state index is 12.4. The predicted molar refractivity (Wildman–Crippen MR) is 77.3 cm³/mol. The summed E-state index contributed by atoms with van der Waals surface area (Å²) < 4.78 is 39.0. The number of hydrogen-bond acceptors (Lipinski definition) is 4. The van der Waals surface area contributed by atoms with Crippen molar-refractivity contribution in [3.8, 4) is 0 Å². The molecule has 0 aliphatic heterocycles. The Morgan fingerprint density at radius 3 is 2.54 bits per heavy atom. The number of halogens is 3. The van der Waals surface area contributed by atoms with Crippen LogP contribution in [-0.2, 0) is 24.7 Å². The van der Waals surface area contributed by atoms with Crippen LogP contribution in [0.1, 0.15) is 29.9 Å². The summed E-state index contributed by atoms with van der Waals surface area (Å²) in [7, 11) is 1.74. The van der Waals surface area contributed by atoms with Crippen LogP contribution in [0, 0.1) is 0 Å². The average Bonchev–Trinajstić information content (AvgIpc) is 2.93. The molecule has 0 aliphatic carbocycles. The third kappa shape index (κ3) is 4.69. The first-order chi connectivity index (χ1) is 11.3. The molecule has 1 atom stereocenters. The number of urea groups is 1. The molecule has 1 aromatic heterocycles. The van der Waals surface area contributed by atoms with E-state index in [2.05, 4.69) is 21.0 Å². The second-order valence-corrected chi connectivity index (χ2v) is 5.08. The van der Waals surface area contributed by atoms with Crippen LogP contribution in [0.2, 0.25) is 0 Å². The zero-order valence-electron chi connectivity index (χ0n) is 13.0. The molecule has 1 aromatic carbocycles. The van der Waals surface area contributed by atoms with E-state index in [1.807, 2.05) is 0 Å². The first-order valence-corrected chi connectivity index (χ1v) is 6.95. The van der Waals surface area contributed by atoms with Gasteiger partial charge in [-0.2, -0.15) is 13.2 Å². The minimum absolute atomic E-state index is 0.0656. The van der Waals surface area contributed by atoms with Crippen LogP contribution in [0.15, 0.2) is 30.6 Å². The standard InChI is InChI=1S/C14H16F3N5O2/c1-9(12-20-18-8-22(12)2)19-13(23)21-24-7-10-3-5-11(6-4-10)14(15,16)17/h3-6,8-9H,7H2,1-2H3,(H2,19,21,23). The fourth-order valence-electron chi connectivity index (χ4n) is 1.95. The van der Waals surface area contributed by atoms with E-state index in [0.29, 0.717) is 11.4 Å². The Balaban J connectivity index is 1.77. The van der Waals surface area contributed by atoms with Crippen molar-refractivity contribution in [2.45, 2.75) is 25.7 Å². The van der Waals surface area contributed by atoms with Gasteiger partial charge < -0.3 is 9.88 Å². The minimum Gasteiger partial charge on any atom is -0.327 e. The van der Waals surface area contributed by atoms with Crippen molar-refractivity contribution in [2.75, 3.05) is 0 Å². The molecule has 1 unspecified atom stereocenters. The molecule has 0 fully saturated rings. The number of hydroxylamine groups is 1. The summed E-state index contributed by atoms with van der Waals surface area (Å²) in [5, 5.41) is 10.2. The summed E-state index contributed by atoms with van der Waals surface area (Å²) in [5.41, 5.74) is 1.91.